The van der Waals surface area contributed by atoms with Crippen LogP contribution >= 0.6 is 15.9 Å². The van der Waals surface area contributed by atoms with Gasteiger partial charge in [0.15, 0.2) is 6.61 Å². The summed E-state index contributed by atoms with van der Waals surface area (Å²) < 4.78 is 6.29. The van der Waals surface area contributed by atoms with Crippen LogP contribution in [0.15, 0.2) is 22.7 Å². The first-order valence-electron chi connectivity index (χ1n) is 6.36. The summed E-state index contributed by atoms with van der Waals surface area (Å²) in [7, 11) is 0. The Morgan fingerprint density at radius 3 is 2.84 bits per heavy atom. The number of carbonyl (C=O) groups excluding carboxylic acids is 1. The molecule has 106 valence electrons. The van der Waals surface area contributed by atoms with Gasteiger partial charge in [0, 0.05) is 12.6 Å². The Morgan fingerprint density at radius 2 is 2.26 bits per heavy atom. The predicted octanol–water partition coefficient (Wildman–Crippen LogP) is 2.41. The van der Waals surface area contributed by atoms with Gasteiger partial charge in [-0.05, 0) is 53.4 Å². The summed E-state index contributed by atoms with van der Waals surface area (Å²) in [6.45, 7) is 4.01. The minimum absolute atomic E-state index is 0.00237. The van der Waals surface area contributed by atoms with E-state index in [1.54, 1.807) is 0 Å². The number of halogens is 1. The molecular weight excluding hydrogens is 310 g/mol. The van der Waals surface area contributed by atoms with Crippen molar-refractivity contribution in [3.05, 3.63) is 28.2 Å². The highest BCUT2D eigenvalue weighted by atomic mass is 79.9. The van der Waals surface area contributed by atoms with Gasteiger partial charge >= 0.3 is 0 Å². The van der Waals surface area contributed by atoms with E-state index in [2.05, 4.69) is 21.2 Å². The molecular formula is C14H20BrNO3. The molecule has 0 fully saturated rings. The number of ether oxygens (including phenoxy) is 1. The minimum Gasteiger partial charge on any atom is -0.483 e. The number of hydrogen-bond acceptors (Lipinski definition) is 3. The van der Waals surface area contributed by atoms with Crippen molar-refractivity contribution >= 4 is 21.8 Å². The lowest BCUT2D eigenvalue weighted by Crippen LogP contribution is -2.38. The molecule has 1 aromatic rings. The van der Waals surface area contributed by atoms with Crippen molar-refractivity contribution < 1.29 is 14.6 Å². The normalized spacial score (nSPS) is 12.0. The number of carbonyl (C=O) groups is 1. The highest BCUT2D eigenvalue weighted by Gasteiger charge is 2.11. The maximum atomic E-state index is 11.7. The summed E-state index contributed by atoms with van der Waals surface area (Å²) in [4.78, 5) is 11.7. The number of aryl methyl sites for hydroxylation is 1. The van der Waals surface area contributed by atoms with E-state index in [4.69, 9.17) is 9.84 Å². The number of amides is 1. The Morgan fingerprint density at radius 1 is 1.53 bits per heavy atom. The average Bonchev–Trinajstić information content (AvgIpc) is 2.37. The summed E-state index contributed by atoms with van der Waals surface area (Å²) in [5, 5.41) is 11.7. The first-order valence-corrected chi connectivity index (χ1v) is 7.15. The third kappa shape index (κ3) is 5.61. The highest BCUT2D eigenvalue weighted by molar-refractivity contribution is 9.10. The van der Waals surface area contributed by atoms with Crippen LogP contribution in [0.5, 0.6) is 5.75 Å². The first-order chi connectivity index (χ1) is 9.06. The Kier molecular flexibility index (Phi) is 6.87. The maximum Gasteiger partial charge on any atom is 0.258 e. The van der Waals surface area contributed by atoms with Crippen LogP contribution in [0.2, 0.25) is 0 Å². The van der Waals surface area contributed by atoms with Gasteiger partial charge in [0.1, 0.15) is 5.75 Å². The van der Waals surface area contributed by atoms with Crippen LogP contribution < -0.4 is 10.1 Å². The molecule has 0 saturated carbocycles. The number of nitrogens with one attached hydrogen (secondary N) is 1. The molecule has 2 N–H and O–H groups in total. The van der Waals surface area contributed by atoms with Crippen molar-refractivity contribution in [2.45, 2.75) is 32.7 Å². The van der Waals surface area contributed by atoms with E-state index in [0.717, 1.165) is 16.5 Å². The summed E-state index contributed by atoms with van der Waals surface area (Å²) >= 11 is 3.40. The zero-order valence-corrected chi connectivity index (χ0v) is 12.9. The first kappa shape index (κ1) is 16.0. The number of hydrogen-bond donors (Lipinski definition) is 2. The van der Waals surface area contributed by atoms with Crippen molar-refractivity contribution in [2.24, 2.45) is 0 Å². The van der Waals surface area contributed by atoms with Gasteiger partial charge in [-0.2, -0.15) is 0 Å². The van der Waals surface area contributed by atoms with E-state index < -0.39 is 0 Å². The number of benzene rings is 1. The molecule has 0 spiro atoms. The van der Waals surface area contributed by atoms with Crippen molar-refractivity contribution in [1.29, 1.82) is 0 Å². The topological polar surface area (TPSA) is 58.6 Å². The molecule has 0 aliphatic heterocycles. The fraction of sp³-hybridized carbons (Fsp3) is 0.500. The van der Waals surface area contributed by atoms with Gasteiger partial charge in [0.05, 0.1) is 4.47 Å². The molecule has 0 radical (unpaired) electrons. The van der Waals surface area contributed by atoms with Gasteiger partial charge in [0.2, 0.25) is 0 Å². The van der Waals surface area contributed by atoms with Gasteiger partial charge < -0.3 is 15.2 Å². The molecule has 4 nitrogen and oxygen atoms in total. The van der Waals surface area contributed by atoms with Crippen molar-refractivity contribution in [3.63, 3.8) is 0 Å². The monoisotopic (exact) mass is 329 g/mol. The Labute approximate surface area is 122 Å². The summed E-state index contributed by atoms with van der Waals surface area (Å²) in [5.74, 6) is 0.476. The van der Waals surface area contributed by atoms with Crippen LogP contribution in [0.4, 0.5) is 0 Å². The molecule has 1 amide bonds. The lowest BCUT2D eigenvalue weighted by molar-refractivity contribution is -0.123. The molecule has 0 aliphatic carbocycles. The van der Waals surface area contributed by atoms with Gasteiger partial charge in [-0.1, -0.05) is 13.0 Å². The largest absolute Gasteiger partial charge is 0.483 e. The van der Waals surface area contributed by atoms with Crippen LogP contribution in [-0.2, 0) is 4.79 Å². The lowest BCUT2D eigenvalue weighted by Gasteiger charge is -2.16. The SMILES string of the molecule is CCC(CCO)NC(=O)COc1ccc(C)cc1Br. The second-order valence-electron chi connectivity index (χ2n) is 4.41. The van der Waals surface area contributed by atoms with Gasteiger partial charge in [-0.15, -0.1) is 0 Å². The van der Waals surface area contributed by atoms with Crippen LogP contribution in [0.3, 0.4) is 0 Å². The van der Waals surface area contributed by atoms with Crippen LogP contribution in [0, 0.1) is 6.92 Å². The molecule has 5 heteroatoms. The summed E-state index contributed by atoms with van der Waals surface area (Å²) in [6, 6.07) is 5.70. The van der Waals surface area contributed by atoms with E-state index in [0.29, 0.717) is 12.2 Å². The van der Waals surface area contributed by atoms with Gasteiger partial charge in [-0.25, -0.2) is 0 Å². The van der Waals surface area contributed by atoms with Crippen molar-refractivity contribution in [3.8, 4) is 5.75 Å². The molecule has 0 saturated heterocycles. The molecule has 0 aromatic heterocycles. The van der Waals surface area contributed by atoms with Gasteiger partial charge in [-0.3, -0.25) is 4.79 Å². The maximum absolute atomic E-state index is 11.7. The molecule has 0 aliphatic rings. The summed E-state index contributed by atoms with van der Waals surface area (Å²) in [5.41, 5.74) is 1.12. The third-order valence-corrected chi connectivity index (χ3v) is 3.40. The molecule has 0 bridgehead atoms. The molecule has 19 heavy (non-hydrogen) atoms. The van der Waals surface area contributed by atoms with E-state index in [1.165, 1.54) is 0 Å². The van der Waals surface area contributed by atoms with Crippen LogP contribution in [0.1, 0.15) is 25.3 Å². The minimum atomic E-state index is -0.173. The van der Waals surface area contributed by atoms with Gasteiger partial charge in [0.25, 0.3) is 5.91 Å². The highest BCUT2D eigenvalue weighted by Crippen LogP contribution is 2.25. The molecule has 1 atom stereocenters. The lowest BCUT2D eigenvalue weighted by atomic mass is 10.1. The second-order valence-corrected chi connectivity index (χ2v) is 5.26. The number of rotatable bonds is 7. The van der Waals surface area contributed by atoms with E-state index in [-0.39, 0.29) is 25.2 Å². The Bertz CT molecular complexity index is 423. The van der Waals surface area contributed by atoms with Crippen molar-refractivity contribution in [2.75, 3.05) is 13.2 Å². The van der Waals surface area contributed by atoms with E-state index in [9.17, 15) is 4.79 Å². The van der Waals surface area contributed by atoms with E-state index in [1.807, 2.05) is 32.0 Å². The molecule has 1 unspecified atom stereocenters. The summed E-state index contributed by atoms with van der Waals surface area (Å²) in [6.07, 6.45) is 1.36. The average molecular weight is 330 g/mol. The smallest absolute Gasteiger partial charge is 0.258 e. The van der Waals surface area contributed by atoms with Crippen LogP contribution in [0.25, 0.3) is 0 Å². The second kappa shape index (κ2) is 8.17. The molecule has 0 heterocycles. The fourth-order valence-corrected chi connectivity index (χ4v) is 2.28. The van der Waals surface area contributed by atoms with Crippen LogP contribution in [-0.4, -0.2) is 30.3 Å². The number of aliphatic hydroxyl groups is 1. The zero-order valence-electron chi connectivity index (χ0n) is 11.3. The zero-order chi connectivity index (χ0) is 14.3. The van der Waals surface area contributed by atoms with E-state index >= 15 is 0 Å². The Balaban J connectivity index is 2.45. The molecule has 1 aromatic carbocycles. The third-order valence-electron chi connectivity index (χ3n) is 2.78. The predicted molar refractivity (Wildman–Crippen MR) is 78.3 cm³/mol. The Hall–Kier alpha value is -1.07. The standard InChI is InChI=1S/C14H20BrNO3/c1-3-11(6-7-17)16-14(18)9-19-13-5-4-10(2)8-12(13)15/h4-5,8,11,17H,3,6-7,9H2,1-2H3,(H,16,18). The number of aliphatic hydroxyl groups excluding tert-OH is 1. The quantitative estimate of drug-likeness (QED) is 0.807. The van der Waals surface area contributed by atoms with Crippen molar-refractivity contribution in [1.82, 2.24) is 5.32 Å². The molecule has 1 rings (SSSR count). The fourth-order valence-electron chi connectivity index (χ4n) is 1.67.